The third-order valence-corrected chi connectivity index (χ3v) is 10.1. The van der Waals surface area contributed by atoms with Crippen LogP contribution in [0.3, 0.4) is 0 Å². The zero-order chi connectivity index (χ0) is 33.9. The lowest BCUT2D eigenvalue weighted by atomic mass is 9.94. The zero-order valence-electron chi connectivity index (χ0n) is 27.2. The Morgan fingerprint density at radius 1 is 1.04 bits per heavy atom. The first-order valence-corrected chi connectivity index (χ1v) is 17.5. The molecule has 1 aromatic heterocycles. The quantitative estimate of drug-likeness (QED) is 0.138. The van der Waals surface area contributed by atoms with Crippen LogP contribution >= 0.6 is 39.3 Å². The van der Waals surface area contributed by atoms with E-state index < -0.39 is 6.04 Å². The van der Waals surface area contributed by atoms with Crippen LogP contribution in [0.2, 0.25) is 5.02 Å². The van der Waals surface area contributed by atoms with E-state index in [0.717, 1.165) is 39.1 Å². The molecule has 0 aliphatic carbocycles. The molecule has 4 aromatic carbocycles. The number of hydrogen-bond donors (Lipinski definition) is 2. The van der Waals surface area contributed by atoms with Crippen LogP contribution in [0.25, 0.3) is 0 Å². The number of ether oxygens (including phenoxy) is 2. The number of fused-ring (bicyclic) bond motifs is 1. The molecule has 0 bridgehead atoms. The summed E-state index contributed by atoms with van der Waals surface area (Å²) in [4.78, 5) is 19.0. The van der Waals surface area contributed by atoms with Crippen molar-refractivity contribution in [2.45, 2.75) is 51.3 Å². The van der Waals surface area contributed by atoms with Gasteiger partial charge in [-0.2, -0.15) is 4.98 Å². The average Bonchev–Trinajstić information content (AvgIpc) is 3.47. The van der Waals surface area contributed by atoms with Gasteiger partial charge >= 0.3 is 0 Å². The van der Waals surface area contributed by atoms with E-state index in [2.05, 4.69) is 45.6 Å². The topological polar surface area (TPSA) is 90.3 Å². The van der Waals surface area contributed by atoms with Gasteiger partial charge < -0.3 is 20.1 Å². The Morgan fingerprint density at radius 2 is 1.83 bits per heavy atom. The van der Waals surface area contributed by atoms with Crippen molar-refractivity contribution in [3.63, 3.8) is 0 Å². The van der Waals surface area contributed by atoms with E-state index in [9.17, 15) is 4.79 Å². The van der Waals surface area contributed by atoms with Crippen LogP contribution in [-0.2, 0) is 17.2 Å². The molecule has 5 aromatic rings. The number of carbonyl (C=O) groups is 1. The van der Waals surface area contributed by atoms with E-state index in [1.165, 1.54) is 11.8 Å². The summed E-state index contributed by atoms with van der Waals surface area (Å²) < 4.78 is 14.6. The molecule has 246 valence electrons. The molecular formula is C37H35BrClN5O3S. The molecule has 2 heterocycles. The largest absolute Gasteiger partial charge is 0.493 e. The molecule has 0 saturated carbocycles. The van der Waals surface area contributed by atoms with Crippen LogP contribution in [-0.4, -0.2) is 27.8 Å². The van der Waals surface area contributed by atoms with Crippen molar-refractivity contribution in [2.75, 3.05) is 17.7 Å². The number of hydrogen-bond acceptors (Lipinski definition) is 7. The molecule has 1 atom stereocenters. The van der Waals surface area contributed by atoms with Gasteiger partial charge in [-0.1, -0.05) is 83.5 Å². The van der Waals surface area contributed by atoms with E-state index in [-0.39, 0.29) is 5.91 Å². The Balaban J connectivity index is 1.39. The Bertz CT molecular complexity index is 2050. The lowest BCUT2D eigenvalue weighted by Crippen LogP contribution is -2.31. The van der Waals surface area contributed by atoms with Crippen LogP contribution in [0.1, 0.15) is 46.3 Å². The lowest BCUT2D eigenvalue weighted by Gasteiger charge is -2.29. The van der Waals surface area contributed by atoms with Crippen LogP contribution in [0.5, 0.6) is 11.5 Å². The first-order chi connectivity index (χ1) is 23.1. The number of nitrogens with one attached hydrogen (secondary N) is 2. The number of carbonyl (C=O) groups excluding carboxylic acids is 1. The number of benzene rings is 4. The maximum absolute atomic E-state index is 14.2. The summed E-state index contributed by atoms with van der Waals surface area (Å²) in [6.45, 7) is 8.32. The van der Waals surface area contributed by atoms with Crippen LogP contribution in [0.15, 0.2) is 99.8 Å². The van der Waals surface area contributed by atoms with Crippen molar-refractivity contribution in [2.24, 2.45) is 0 Å². The molecule has 6 rings (SSSR count). The molecule has 1 aliphatic heterocycles. The summed E-state index contributed by atoms with van der Waals surface area (Å²) in [5.41, 5.74) is 7.96. The van der Waals surface area contributed by atoms with Gasteiger partial charge in [0.1, 0.15) is 12.6 Å². The summed E-state index contributed by atoms with van der Waals surface area (Å²) in [6, 6.07) is 25.0. The fourth-order valence-corrected chi connectivity index (χ4v) is 7.31. The number of aryl methyl sites for hydroxylation is 2. The summed E-state index contributed by atoms with van der Waals surface area (Å²) in [5.74, 6) is 1.95. The van der Waals surface area contributed by atoms with Crippen molar-refractivity contribution in [1.82, 2.24) is 14.8 Å². The van der Waals surface area contributed by atoms with E-state index in [1.54, 1.807) is 11.8 Å². The highest BCUT2D eigenvalue weighted by molar-refractivity contribution is 9.10. The second kappa shape index (κ2) is 14.5. The van der Waals surface area contributed by atoms with E-state index in [1.807, 2.05) is 87.5 Å². The molecule has 48 heavy (non-hydrogen) atoms. The minimum Gasteiger partial charge on any atom is -0.493 e. The standard InChI is InChI=1S/C37H35BrClN5O3S/c1-21-10-8-12-25(16-21)19-47-34-28(38)17-27(18-31(34)46-5)33-32(35(45)41-30-15-9-11-22(2)23(30)3)24(4)40-36-42-37(43-44(33)36)48-20-26-13-6-7-14-29(26)39/h6-18,33H,19-20H2,1-5H3,(H,41,45)(H,40,42,43). The predicted molar refractivity (Wildman–Crippen MR) is 196 cm³/mol. The molecule has 1 amide bonds. The highest BCUT2D eigenvalue weighted by Gasteiger charge is 2.35. The van der Waals surface area contributed by atoms with Gasteiger partial charge in [-0.15, -0.1) is 5.10 Å². The van der Waals surface area contributed by atoms with Crippen molar-refractivity contribution >= 4 is 56.8 Å². The molecule has 0 radical (unpaired) electrons. The molecule has 1 unspecified atom stereocenters. The van der Waals surface area contributed by atoms with Gasteiger partial charge in [-0.25, -0.2) is 4.68 Å². The van der Waals surface area contributed by atoms with Crippen molar-refractivity contribution in [3.05, 3.63) is 133 Å². The van der Waals surface area contributed by atoms with Crippen LogP contribution in [0, 0.1) is 20.8 Å². The highest BCUT2D eigenvalue weighted by atomic mass is 79.9. The molecular weight excluding hydrogens is 710 g/mol. The third-order valence-electron chi connectivity index (χ3n) is 8.28. The van der Waals surface area contributed by atoms with Gasteiger partial charge in [0.2, 0.25) is 11.1 Å². The number of rotatable bonds is 10. The van der Waals surface area contributed by atoms with Crippen molar-refractivity contribution in [3.8, 4) is 11.5 Å². The Kier molecular flexibility index (Phi) is 10.1. The normalized spacial score (nSPS) is 13.9. The summed E-state index contributed by atoms with van der Waals surface area (Å²) in [5, 5.41) is 12.6. The number of methoxy groups -OCH3 is 1. The summed E-state index contributed by atoms with van der Waals surface area (Å²) in [6.07, 6.45) is 0. The minimum atomic E-state index is -0.635. The smallest absolute Gasteiger partial charge is 0.255 e. The fraction of sp³-hybridized carbons (Fsp3) is 0.216. The van der Waals surface area contributed by atoms with Gasteiger partial charge in [0.25, 0.3) is 5.91 Å². The molecule has 8 nitrogen and oxygen atoms in total. The minimum absolute atomic E-state index is 0.250. The summed E-state index contributed by atoms with van der Waals surface area (Å²) >= 11 is 11.6. The highest BCUT2D eigenvalue weighted by Crippen LogP contribution is 2.44. The SMILES string of the molecule is COc1cc(C2C(C(=O)Nc3cccc(C)c3C)=C(C)Nc3nc(SCc4ccccc4Cl)nn32)cc(Br)c1OCc1cccc(C)c1. The Labute approximate surface area is 298 Å². The molecule has 2 N–H and O–H groups in total. The molecule has 0 saturated heterocycles. The van der Waals surface area contributed by atoms with E-state index in [4.69, 9.17) is 31.2 Å². The first kappa shape index (κ1) is 33.6. The summed E-state index contributed by atoms with van der Waals surface area (Å²) in [7, 11) is 1.60. The fourth-order valence-electron chi connectivity index (χ4n) is 5.62. The second-order valence-corrected chi connectivity index (χ2v) is 13.8. The first-order valence-electron chi connectivity index (χ1n) is 15.4. The Morgan fingerprint density at radius 3 is 2.60 bits per heavy atom. The predicted octanol–water partition coefficient (Wildman–Crippen LogP) is 9.43. The van der Waals surface area contributed by atoms with Gasteiger partial charge in [-0.3, -0.25) is 4.79 Å². The number of nitrogens with zero attached hydrogens (tertiary/aromatic N) is 3. The number of allylic oxidation sites excluding steroid dienone is 1. The number of halogens is 2. The maximum Gasteiger partial charge on any atom is 0.255 e. The molecule has 11 heteroatoms. The molecule has 0 fully saturated rings. The third kappa shape index (κ3) is 7.11. The number of thioether (sulfide) groups is 1. The van der Waals surface area contributed by atoms with Crippen LogP contribution in [0.4, 0.5) is 11.6 Å². The number of aromatic nitrogens is 3. The second-order valence-electron chi connectivity index (χ2n) is 11.6. The van der Waals surface area contributed by atoms with Crippen molar-refractivity contribution in [1.29, 1.82) is 0 Å². The number of anilines is 2. The average molecular weight is 745 g/mol. The lowest BCUT2D eigenvalue weighted by molar-refractivity contribution is -0.113. The van der Waals surface area contributed by atoms with Gasteiger partial charge in [0.05, 0.1) is 17.2 Å². The van der Waals surface area contributed by atoms with E-state index in [0.29, 0.717) is 55.7 Å². The van der Waals surface area contributed by atoms with Crippen LogP contribution < -0.4 is 20.1 Å². The number of amides is 1. The molecule has 1 aliphatic rings. The van der Waals surface area contributed by atoms with Gasteiger partial charge in [0, 0.05) is 22.2 Å². The van der Waals surface area contributed by atoms with Gasteiger partial charge in [-0.05, 0) is 95.7 Å². The zero-order valence-corrected chi connectivity index (χ0v) is 30.4. The van der Waals surface area contributed by atoms with E-state index >= 15 is 0 Å². The van der Waals surface area contributed by atoms with Crippen molar-refractivity contribution < 1.29 is 14.3 Å². The molecule has 0 spiro atoms. The monoisotopic (exact) mass is 743 g/mol. The van der Waals surface area contributed by atoms with Gasteiger partial charge in [0.15, 0.2) is 11.5 Å². The maximum atomic E-state index is 14.2. The Hall–Kier alpha value is -4.25.